The third kappa shape index (κ3) is 3.46. The van der Waals surface area contributed by atoms with Gasteiger partial charge in [0.1, 0.15) is 0 Å². The van der Waals surface area contributed by atoms with Gasteiger partial charge in [0.15, 0.2) is 0 Å². The van der Waals surface area contributed by atoms with Crippen LogP contribution in [0, 0.1) is 12.8 Å². The van der Waals surface area contributed by atoms with Crippen molar-refractivity contribution in [1.29, 1.82) is 0 Å². The van der Waals surface area contributed by atoms with Crippen molar-refractivity contribution in [3.8, 4) is 0 Å². The summed E-state index contributed by atoms with van der Waals surface area (Å²) in [5, 5.41) is 4.85. The zero-order chi connectivity index (χ0) is 13.8. The van der Waals surface area contributed by atoms with E-state index < -0.39 is 0 Å². The average molecular weight is 256 g/mol. The van der Waals surface area contributed by atoms with Crippen molar-refractivity contribution in [2.45, 2.75) is 46.6 Å². The monoisotopic (exact) mass is 256 g/mol. The molecule has 1 N–H and O–H groups in total. The first-order valence-electron chi connectivity index (χ1n) is 7.19. The molecule has 102 valence electrons. The van der Waals surface area contributed by atoms with Gasteiger partial charge in [-0.3, -0.25) is 4.98 Å². The molecule has 0 aliphatic rings. The molecule has 0 saturated carbocycles. The Morgan fingerprint density at radius 2 is 1.89 bits per heavy atom. The molecule has 1 aromatic heterocycles. The number of fused-ring (bicyclic) bond motifs is 1. The lowest BCUT2D eigenvalue weighted by Gasteiger charge is -2.18. The molecule has 0 spiro atoms. The molecule has 0 radical (unpaired) electrons. The number of hydrogen-bond donors (Lipinski definition) is 1. The Labute approximate surface area is 116 Å². The van der Waals surface area contributed by atoms with Crippen LogP contribution in [-0.2, 0) is 0 Å². The van der Waals surface area contributed by atoms with Crippen LogP contribution < -0.4 is 5.32 Å². The van der Waals surface area contributed by atoms with Gasteiger partial charge in [-0.05, 0) is 56.4 Å². The van der Waals surface area contributed by atoms with Crippen LogP contribution in [0.3, 0.4) is 0 Å². The zero-order valence-corrected chi connectivity index (χ0v) is 12.4. The van der Waals surface area contributed by atoms with Crippen LogP contribution in [0.5, 0.6) is 0 Å². The van der Waals surface area contributed by atoms with Crippen LogP contribution in [-0.4, -0.2) is 11.0 Å². The van der Waals surface area contributed by atoms with E-state index in [-0.39, 0.29) is 0 Å². The summed E-state index contributed by atoms with van der Waals surface area (Å²) in [6.07, 6.45) is 4.32. The maximum Gasteiger partial charge on any atom is 0.0751 e. The lowest BCUT2D eigenvalue weighted by atomic mass is 10.0. The summed E-state index contributed by atoms with van der Waals surface area (Å²) in [6, 6.07) is 8.96. The van der Waals surface area contributed by atoms with E-state index in [1.807, 2.05) is 12.3 Å². The van der Waals surface area contributed by atoms with Crippen molar-refractivity contribution in [2.24, 2.45) is 5.92 Å². The third-order valence-corrected chi connectivity index (χ3v) is 3.55. The highest BCUT2D eigenvalue weighted by Crippen LogP contribution is 2.25. The van der Waals surface area contributed by atoms with Crippen molar-refractivity contribution < 1.29 is 0 Å². The number of rotatable bonds is 5. The second-order valence-electron chi connectivity index (χ2n) is 5.85. The Morgan fingerprint density at radius 1 is 1.11 bits per heavy atom. The van der Waals surface area contributed by atoms with E-state index in [0.29, 0.717) is 6.04 Å². The Kier molecular flexibility index (Phi) is 4.41. The molecular formula is C17H24N2. The molecule has 1 heterocycles. The van der Waals surface area contributed by atoms with Crippen LogP contribution in [0.4, 0.5) is 5.69 Å². The predicted molar refractivity (Wildman–Crippen MR) is 83.6 cm³/mol. The quantitative estimate of drug-likeness (QED) is 0.832. The molecule has 1 aromatic carbocycles. The molecule has 0 aliphatic heterocycles. The van der Waals surface area contributed by atoms with Gasteiger partial charge in [-0.25, -0.2) is 0 Å². The minimum absolute atomic E-state index is 0.494. The van der Waals surface area contributed by atoms with Crippen molar-refractivity contribution in [3.05, 3.63) is 36.0 Å². The Bertz CT molecular complexity index is 546. The minimum atomic E-state index is 0.494. The van der Waals surface area contributed by atoms with Gasteiger partial charge in [0.05, 0.1) is 5.52 Å². The number of benzene rings is 1. The second-order valence-corrected chi connectivity index (χ2v) is 5.85. The summed E-state index contributed by atoms with van der Waals surface area (Å²) >= 11 is 0. The van der Waals surface area contributed by atoms with Crippen LogP contribution in [0.25, 0.3) is 10.9 Å². The smallest absolute Gasteiger partial charge is 0.0751 e. The van der Waals surface area contributed by atoms with E-state index in [2.05, 4.69) is 56.2 Å². The maximum absolute atomic E-state index is 4.48. The lowest BCUT2D eigenvalue weighted by molar-refractivity contribution is 0.528. The van der Waals surface area contributed by atoms with Gasteiger partial charge < -0.3 is 5.32 Å². The van der Waals surface area contributed by atoms with E-state index >= 15 is 0 Å². The summed E-state index contributed by atoms with van der Waals surface area (Å²) < 4.78 is 0. The van der Waals surface area contributed by atoms with Crippen molar-refractivity contribution in [2.75, 3.05) is 5.32 Å². The van der Waals surface area contributed by atoms with Crippen LogP contribution in [0.1, 0.15) is 39.2 Å². The molecule has 0 bridgehead atoms. The van der Waals surface area contributed by atoms with Crippen molar-refractivity contribution in [3.63, 3.8) is 0 Å². The summed E-state index contributed by atoms with van der Waals surface area (Å²) in [4.78, 5) is 4.48. The highest BCUT2D eigenvalue weighted by atomic mass is 14.9. The number of aromatic nitrogens is 1. The average Bonchev–Trinajstić information content (AvgIpc) is 2.40. The van der Waals surface area contributed by atoms with E-state index in [0.717, 1.165) is 11.4 Å². The van der Waals surface area contributed by atoms with Gasteiger partial charge in [-0.1, -0.05) is 19.9 Å². The molecule has 0 fully saturated rings. The molecule has 0 amide bonds. The predicted octanol–water partition coefficient (Wildman–Crippen LogP) is 4.78. The summed E-state index contributed by atoms with van der Waals surface area (Å²) in [5.74, 6) is 0.765. The standard InChI is InChI=1S/C17H24N2/c1-12(2)7-9-14(4)19-16-10-8-13(3)17-15(16)6-5-11-18-17/h5-6,8,10-12,14,19H,7,9H2,1-4H3. The number of aryl methyl sites for hydroxylation is 1. The van der Waals surface area contributed by atoms with Crippen molar-refractivity contribution >= 4 is 16.6 Å². The summed E-state index contributed by atoms with van der Waals surface area (Å²) in [7, 11) is 0. The zero-order valence-electron chi connectivity index (χ0n) is 12.4. The molecule has 2 rings (SSSR count). The number of pyridine rings is 1. The Hall–Kier alpha value is -1.57. The normalized spacial score (nSPS) is 12.9. The number of nitrogens with zero attached hydrogens (tertiary/aromatic N) is 1. The molecule has 2 heteroatoms. The first kappa shape index (κ1) is 13.9. The van der Waals surface area contributed by atoms with E-state index in [4.69, 9.17) is 0 Å². The molecule has 1 atom stereocenters. The topological polar surface area (TPSA) is 24.9 Å². The second kappa shape index (κ2) is 6.05. The number of hydrogen-bond acceptors (Lipinski definition) is 2. The Balaban J connectivity index is 2.19. The fraction of sp³-hybridized carbons (Fsp3) is 0.471. The first-order valence-corrected chi connectivity index (χ1v) is 7.19. The lowest BCUT2D eigenvalue weighted by Crippen LogP contribution is -2.16. The van der Waals surface area contributed by atoms with Crippen LogP contribution in [0.2, 0.25) is 0 Å². The van der Waals surface area contributed by atoms with Crippen LogP contribution in [0.15, 0.2) is 30.5 Å². The van der Waals surface area contributed by atoms with Gasteiger partial charge in [0, 0.05) is 23.3 Å². The van der Waals surface area contributed by atoms with Gasteiger partial charge >= 0.3 is 0 Å². The Morgan fingerprint density at radius 3 is 2.63 bits per heavy atom. The van der Waals surface area contributed by atoms with E-state index in [1.165, 1.54) is 29.5 Å². The van der Waals surface area contributed by atoms with Gasteiger partial charge in [0.2, 0.25) is 0 Å². The molecule has 1 unspecified atom stereocenters. The first-order chi connectivity index (χ1) is 9.08. The molecule has 2 nitrogen and oxygen atoms in total. The fourth-order valence-electron chi connectivity index (χ4n) is 2.36. The van der Waals surface area contributed by atoms with E-state index in [9.17, 15) is 0 Å². The van der Waals surface area contributed by atoms with Gasteiger partial charge in [0.25, 0.3) is 0 Å². The minimum Gasteiger partial charge on any atom is -0.382 e. The number of anilines is 1. The number of nitrogens with one attached hydrogen (secondary N) is 1. The molecule has 0 aliphatic carbocycles. The largest absolute Gasteiger partial charge is 0.382 e. The van der Waals surface area contributed by atoms with Gasteiger partial charge in [-0.15, -0.1) is 0 Å². The van der Waals surface area contributed by atoms with E-state index in [1.54, 1.807) is 0 Å². The van der Waals surface area contributed by atoms with Gasteiger partial charge in [-0.2, -0.15) is 0 Å². The maximum atomic E-state index is 4.48. The SMILES string of the molecule is Cc1ccc(NC(C)CCC(C)C)c2cccnc12. The summed E-state index contributed by atoms with van der Waals surface area (Å²) in [6.45, 7) is 8.92. The highest BCUT2D eigenvalue weighted by Gasteiger charge is 2.08. The van der Waals surface area contributed by atoms with Crippen molar-refractivity contribution in [1.82, 2.24) is 4.98 Å². The molecule has 0 saturated heterocycles. The fourth-order valence-corrected chi connectivity index (χ4v) is 2.36. The molecule has 2 aromatic rings. The molecule has 19 heavy (non-hydrogen) atoms. The highest BCUT2D eigenvalue weighted by molar-refractivity contribution is 5.93. The third-order valence-electron chi connectivity index (χ3n) is 3.55. The summed E-state index contributed by atoms with van der Waals surface area (Å²) in [5.41, 5.74) is 3.53. The van der Waals surface area contributed by atoms with Crippen LogP contribution >= 0.6 is 0 Å². The molecular weight excluding hydrogens is 232 g/mol.